The highest BCUT2D eigenvalue weighted by atomic mass is 32.2. The molecular formula is C18H21NO4S. The molecule has 1 unspecified atom stereocenters. The SMILES string of the molecule is COc1ccc(C)cc1S(=O)(=O)N1CCC(O)c2cccc(C)c21. The fourth-order valence-electron chi connectivity index (χ4n) is 3.14. The lowest BCUT2D eigenvalue weighted by Gasteiger charge is -2.34. The Balaban J connectivity index is 2.20. The third-order valence-corrected chi connectivity index (χ3v) is 6.19. The van der Waals surface area contributed by atoms with Gasteiger partial charge in [-0.2, -0.15) is 0 Å². The lowest BCUT2D eigenvalue weighted by Crippen LogP contribution is -2.37. The second kappa shape index (κ2) is 6.11. The molecule has 0 bridgehead atoms. The molecule has 1 aliphatic heterocycles. The van der Waals surface area contributed by atoms with Gasteiger partial charge in [-0.05, 0) is 43.5 Å². The number of nitrogens with zero attached hydrogens (tertiary/aromatic N) is 1. The first-order valence-electron chi connectivity index (χ1n) is 7.81. The Bertz CT molecular complexity index is 877. The van der Waals surface area contributed by atoms with E-state index in [9.17, 15) is 13.5 Å². The maximum atomic E-state index is 13.3. The van der Waals surface area contributed by atoms with E-state index in [1.54, 1.807) is 18.2 Å². The first kappa shape index (κ1) is 16.8. The molecule has 1 atom stereocenters. The van der Waals surface area contributed by atoms with Crippen molar-refractivity contribution >= 4 is 15.7 Å². The number of benzene rings is 2. The maximum Gasteiger partial charge on any atom is 0.268 e. The number of hydrogen-bond donors (Lipinski definition) is 1. The van der Waals surface area contributed by atoms with E-state index < -0.39 is 16.1 Å². The van der Waals surface area contributed by atoms with Crippen molar-refractivity contribution in [3.05, 3.63) is 53.1 Å². The van der Waals surface area contributed by atoms with Gasteiger partial charge in [0.25, 0.3) is 10.0 Å². The Morgan fingerprint density at radius 3 is 2.67 bits per heavy atom. The van der Waals surface area contributed by atoms with Gasteiger partial charge in [-0.25, -0.2) is 8.42 Å². The van der Waals surface area contributed by atoms with Crippen molar-refractivity contribution in [1.29, 1.82) is 0 Å². The van der Waals surface area contributed by atoms with Crippen molar-refractivity contribution < 1.29 is 18.3 Å². The Morgan fingerprint density at radius 2 is 1.96 bits per heavy atom. The molecule has 24 heavy (non-hydrogen) atoms. The highest BCUT2D eigenvalue weighted by Gasteiger charge is 2.35. The third kappa shape index (κ3) is 2.65. The first-order valence-corrected chi connectivity index (χ1v) is 9.25. The number of methoxy groups -OCH3 is 1. The van der Waals surface area contributed by atoms with E-state index in [4.69, 9.17) is 4.74 Å². The largest absolute Gasteiger partial charge is 0.495 e. The number of sulfonamides is 1. The van der Waals surface area contributed by atoms with Crippen LogP contribution in [0.15, 0.2) is 41.3 Å². The highest BCUT2D eigenvalue weighted by Crippen LogP contribution is 2.40. The molecule has 0 radical (unpaired) electrons. The summed E-state index contributed by atoms with van der Waals surface area (Å²) in [5, 5.41) is 10.2. The van der Waals surface area contributed by atoms with Crippen LogP contribution in [0.2, 0.25) is 0 Å². The van der Waals surface area contributed by atoms with Crippen LogP contribution in [0.1, 0.15) is 29.2 Å². The van der Waals surface area contributed by atoms with Gasteiger partial charge in [0.2, 0.25) is 0 Å². The van der Waals surface area contributed by atoms with Gasteiger partial charge in [0.15, 0.2) is 0 Å². The van der Waals surface area contributed by atoms with E-state index in [-0.39, 0.29) is 11.4 Å². The number of anilines is 1. The maximum absolute atomic E-state index is 13.3. The molecule has 0 spiro atoms. The molecule has 0 aliphatic carbocycles. The summed E-state index contributed by atoms with van der Waals surface area (Å²) in [4.78, 5) is 0.149. The second-order valence-electron chi connectivity index (χ2n) is 6.05. The van der Waals surface area contributed by atoms with Gasteiger partial charge in [0.1, 0.15) is 10.6 Å². The molecule has 0 saturated carbocycles. The summed E-state index contributed by atoms with van der Waals surface area (Å²) in [6.07, 6.45) is -0.283. The van der Waals surface area contributed by atoms with Crippen molar-refractivity contribution in [3.63, 3.8) is 0 Å². The molecular weight excluding hydrogens is 326 g/mol. The van der Waals surface area contributed by atoms with E-state index in [1.165, 1.54) is 11.4 Å². The van der Waals surface area contributed by atoms with E-state index in [2.05, 4.69) is 0 Å². The number of aliphatic hydroxyl groups excluding tert-OH is 1. The van der Waals surface area contributed by atoms with Gasteiger partial charge in [-0.15, -0.1) is 0 Å². The highest BCUT2D eigenvalue weighted by molar-refractivity contribution is 7.93. The third-order valence-electron chi connectivity index (χ3n) is 4.37. The van der Waals surface area contributed by atoms with Gasteiger partial charge >= 0.3 is 0 Å². The van der Waals surface area contributed by atoms with Gasteiger partial charge in [-0.3, -0.25) is 4.31 Å². The zero-order valence-corrected chi connectivity index (χ0v) is 14.8. The van der Waals surface area contributed by atoms with Crippen LogP contribution < -0.4 is 9.04 Å². The van der Waals surface area contributed by atoms with Crippen LogP contribution in [0.4, 0.5) is 5.69 Å². The Labute approximate surface area is 142 Å². The number of para-hydroxylation sites is 1. The van der Waals surface area contributed by atoms with Crippen LogP contribution in [-0.2, 0) is 10.0 Å². The standard InChI is InChI=1S/C18H21NO4S/c1-12-7-8-16(23-3)17(11-12)24(21,22)19-10-9-15(20)14-6-4-5-13(2)18(14)19/h4-8,11,15,20H,9-10H2,1-3H3. The minimum atomic E-state index is -3.79. The van der Waals surface area contributed by atoms with Gasteiger partial charge < -0.3 is 9.84 Å². The average molecular weight is 347 g/mol. The molecule has 1 heterocycles. The Hall–Kier alpha value is -2.05. The summed E-state index contributed by atoms with van der Waals surface area (Å²) in [7, 11) is -2.33. The molecule has 5 nitrogen and oxygen atoms in total. The van der Waals surface area contributed by atoms with Crippen molar-refractivity contribution in [2.75, 3.05) is 18.0 Å². The van der Waals surface area contributed by atoms with Gasteiger partial charge in [0, 0.05) is 12.1 Å². The lowest BCUT2D eigenvalue weighted by molar-refractivity contribution is 0.166. The van der Waals surface area contributed by atoms with E-state index in [1.807, 2.05) is 32.0 Å². The molecule has 2 aromatic rings. The molecule has 1 aliphatic rings. The fraction of sp³-hybridized carbons (Fsp3) is 0.333. The number of hydrogen-bond acceptors (Lipinski definition) is 4. The molecule has 2 aromatic carbocycles. The summed E-state index contributed by atoms with van der Waals surface area (Å²) in [5.74, 6) is 0.321. The lowest BCUT2D eigenvalue weighted by atomic mass is 9.98. The summed E-state index contributed by atoms with van der Waals surface area (Å²) >= 11 is 0. The second-order valence-corrected chi connectivity index (χ2v) is 7.88. The van der Waals surface area contributed by atoms with Gasteiger partial charge in [0.05, 0.1) is 18.9 Å². The van der Waals surface area contributed by atoms with Crippen molar-refractivity contribution in [3.8, 4) is 5.75 Å². The number of rotatable bonds is 3. The summed E-state index contributed by atoms with van der Waals surface area (Å²) < 4.78 is 33.3. The monoisotopic (exact) mass is 347 g/mol. The molecule has 1 N–H and O–H groups in total. The van der Waals surface area contributed by atoms with Crippen LogP contribution in [0.3, 0.4) is 0 Å². The fourth-order valence-corrected chi connectivity index (χ4v) is 4.96. The van der Waals surface area contributed by atoms with Gasteiger partial charge in [-0.1, -0.05) is 24.3 Å². The van der Waals surface area contributed by atoms with Crippen molar-refractivity contribution in [1.82, 2.24) is 0 Å². The number of ether oxygens (including phenoxy) is 1. The molecule has 0 fully saturated rings. The topological polar surface area (TPSA) is 66.8 Å². The quantitative estimate of drug-likeness (QED) is 0.927. The molecule has 3 rings (SSSR count). The van der Waals surface area contributed by atoms with Crippen LogP contribution in [0.5, 0.6) is 5.75 Å². The van der Waals surface area contributed by atoms with Crippen LogP contribution in [-0.4, -0.2) is 27.2 Å². The van der Waals surface area contributed by atoms with E-state index in [0.29, 0.717) is 23.4 Å². The van der Waals surface area contributed by atoms with Crippen LogP contribution >= 0.6 is 0 Å². The summed E-state index contributed by atoms with van der Waals surface area (Å²) in [6, 6.07) is 10.6. The molecule has 128 valence electrons. The smallest absolute Gasteiger partial charge is 0.268 e. The number of aliphatic hydroxyl groups is 1. The predicted octanol–water partition coefficient (Wildman–Crippen LogP) is 2.94. The van der Waals surface area contributed by atoms with Crippen molar-refractivity contribution in [2.24, 2.45) is 0 Å². The Kier molecular flexibility index (Phi) is 4.27. The Morgan fingerprint density at radius 1 is 1.21 bits per heavy atom. The zero-order valence-electron chi connectivity index (χ0n) is 14.0. The van der Waals surface area contributed by atoms with Crippen molar-refractivity contribution in [2.45, 2.75) is 31.3 Å². The molecule has 0 amide bonds. The number of aryl methyl sites for hydroxylation is 2. The molecule has 6 heteroatoms. The molecule has 0 aromatic heterocycles. The zero-order chi connectivity index (χ0) is 17.5. The molecule has 0 saturated heterocycles. The summed E-state index contributed by atoms with van der Waals surface area (Å²) in [6.45, 7) is 3.93. The minimum Gasteiger partial charge on any atom is -0.495 e. The van der Waals surface area contributed by atoms with Crippen LogP contribution in [0.25, 0.3) is 0 Å². The minimum absolute atomic E-state index is 0.149. The van der Waals surface area contributed by atoms with Crippen LogP contribution in [0, 0.1) is 13.8 Å². The predicted molar refractivity (Wildman–Crippen MR) is 93.0 cm³/mol. The summed E-state index contributed by atoms with van der Waals surface area (Å²) in [5.41, 5.74) is 2.88. The first-order chi connectivity index (χ1) is 11.4. The normalized spacial score (nSPS) is 17.5. The number of fused-ring (bicyclic) bond motifs is 1. The van der Waals surface area contributed by atoms with E-state index >= 15 is 0 Å². The average Bonchev–Trinajstić information content (AvgIpc) is 2.55. The van der Waals surface area contributed by atoms with E-state index in [0.717, 1.165) is 11.1 Å².